The molecule has 0 aromatic carbocycles. The van der Waals surface area contributed by atoms with E-state index >= 15 is 0 Å². The minimum atomic E-state index is -0.879. The lowest BCUT2D eigenvalue weighted by Crippen LogP contribution is -2.36. The van der Waals surface area contributed by atoms with Gasteiger partial charge in [-0.2, -0.15) is 0 Å². The Morgan fingerprint density at radius 2 is 2.29 bits per heavy atom. The fourth-order valence-electron chi connectivity index (χ4n) is 2.91. The van der Waals surface area contributed by atoms with Crippen LogP contribution in [0.25, 0.3) is 0 Å². The van der Waals surface area contributed by atoms with Crippen molar-refractivity contribution in [2.75, 3.05) is 6.61 Å². The van der Waals surface area contributed by atoms with E-state index in [0.717, 1.165) is 18.4 Å². The Kier molecular flexibility index (Phi) is 2.74. The summed E-state index contributed by atoms with van der Waals surface area (Å²) in [4.78, 5) is 12.7. The van der Waals surface area contributed by atoms with E-state index in [1.807, 2.05) is 30.4 Å². The largest absolute Gasteiger partial charge is 0.464 e. The van der Waals surface area contributed by atoms with Crippen LogP contribution < -0.4 is 0 Å². The smallest absolute Gasteiger partial charge is 0.324 e. The number of carbonyl (C=O) groups is 1. The predicted molar refractivity (Wildman–Crippen MR) is 77.5 cm³/mol. The van der Waals surface area contributed by atoms with Crippen molar-refractivity contribution in [1.82, 2.24) is 0 Å². The summed E-state index contributed by atoms with van der Waals surface area (Å²) in [5, 5.41) is 11.6. The Morgan fingerprint density at radius 1 is 1.38 bits per heavy atom. The van der Waals surface area contributed by atoms with Gasteiger partial charge >= 0.3 is 5.97 Å². The van der Waals surface area contributed by atoms with Gasteiger partial charge in [-0.15, -0.1) is 10.2 Å². The highest BCUT2D eigenvalue weighted by molar-refractivity contribution is 6.12. The summed E-state index contributed by atoms with van der Waals surface area (Å²) in [6.07, 6.45) is 14.8. The summed E-state index contributed by atoms with van der Waals surface area (Å²) in [6.45, 7) is 0.511. The molecule has 5 heteroatoms. The number of ether oxygens (including phenoxy) is 1. The second kappa shape index (κ2) is 4.62. The Labute approximate surface area is 122 Å². The second-order valence-electron chi connectivity index (χ2n) is 5.79. The van der Waals surface area contributed by atoms with Crippen molar-refractivity contribution < 1.29 is 9.53 Å². The van der Waals surface area contributed by atoms with Crippen LogP contribution in [0.3, 0.4) is 0 Å². The molecule has 4 rings (SSSR count). The Hall–Kier alpha value is -2.30. The van der Waals surface area contributed by atoms with Crippen LogP contribution in [0.5, 0.6) is 0 Å². The molecular formula is C16H15N3O2. The fraction of sp³-hybridized carbons (Fsp3) is 0.375. The zero-order chi connectivity index (χ0) is 14.3. The number of fused-ring (bicyclic) bond motifs is 2. The van der Waals surface area contributed by atoms with Gasteiger partial charge < -0.3 is 4.74 Å². The maximum absolute atomic E-state index is 12.7. The van der Waals surface area contributed by atoms with Crippen LogP contribution in [-0.4, -0.2) is 18.3 Å². The minimum Gasteiger partial charge on any atom is -0.464 e. The van der Waals surface area contributed by atoms with E-state index in [9.17, 15) is 4.79 Å². The highest BCUT2D eigenvalue weighted by Gasteiger charge is 2.43. The van der Waals surface area contributed by atoms with Crippen molar-refractivity contribution in [2.45, 2.75) is 19.3 Å². The summed E-state index contributed by atoms with van der Waals surface area (Å²) in [7, 11) is 0. The van der Waals surface area contributed by atoms with Gasteiger partial charge in [0.05, 0.1) is 6.61 Å². The van der Waals surface area contributed by atoms with Gasteiger partial charge in [-0.25, -0.2) is 0 Å². The molecule has 106 valence electrons. The molecule has 0 radical (unpaired) electrons. The van der Waals surface area contributed by atoms with Crippen LogP contribution in [0.4, 0.5) is 0 Å². The molecule has 0 N–H and O–H groups in total. The molecule has 3 aliphatic carbocycles. The third kappa shape index (κ3) is 1.92. The van der Waals surface area contributed by atoms with Gasteiger partial charge in [-0.3, -0.25) is 4.79 Å². The van der Waals surface area contributed by atoms with Crippen molar-refractivity contribution in [3.63, 3.8) is 0 Å². The van der Waals surface area contributed by atoms with E-state index in [1.54, 1.807) is 6.08 Å². The van der Waals surface area contributed by atoms with Crippen LogP contribution in [0, 0.1) is 11.3 Å². The lowest BCUT2D eigenvalue weighted by atomic mass is 9.73. The number of allylic oxidation sites excluding steroid dienone is 4. The Balaban J connectivity index is 1.64. The molecule has 1 heterocycles. The van der Waals surface area contributed by atoms with Gasteiger partial charge in [0, 0.05) is 0 Å². The van der Waals surface area contributed by atoms with Crippen molar-refractivity contribution in [2.24, 2.45) is 26.8 Å². The average Bonchev–Trinajstić information content (AvgIpc) is 2.89. The van der Waals surface area contributed by atoms with Gasteiger partial charge in [0.2, 0.25) is 0 Å². The van der Waals surface area contributed by atoms with Crippen molar-refractivity contribution in [3.05, 3.63) is 47.7 Å². The van der Waals surface area contributed by atoms with E-state index in [-0.39, 0.29) is 5.97 Å². The normalized spacial score (nSPS) is 29.0. The summed E-state index contributed by atoms with van der Waals surface area (Å²) < 4.78 is 5.57. The quantitative estimate of drug-likeness (QED) is 0.746. The molecule has 0 saturated heterocycles. The molecule has 21 heavy (non-hydrogen) atoms. The first-order valence-corrected chi connectivity index (χ1v) is 7.25. The lowest BCUT2D eigenvalue weighted by molar-refractivity contribution is -0.151. The zero-order valence-corrected chi connectivity index (χ0v) is 11.5. The molecule has 0 spiro atoms. The molecular weight excluding hydrogens is 266 g/mol. The first kappa shape index (κ1) is 12.4. The molecule has 5 nitrogen and oxygen atoms in total. The number of carbonyl (C=O) groups excluding carboxylic acids is 1. The first-order valence-electron chi connectivity index (χ1n) is 7.25. The van der Waals surface area contributed by atoms with Gasteiger partial charge in [-0.05, 0) is 41.7 Å². The van der Waals surface area contributed by atoms with E-state index in [2.05, 4.69) is 15.4 Å². The van der Waals surface area contributed by atoms with E-state index in [0.29, 0.717) is 23.9 Å². The standard InChI is InChI=1S/C16H15N3O2/c20-15(21-10-11-4-3-5-11)16-7-2-1-6-12(16)8-13-14(9-16)18-19-17-13/h1-2,6-9,11H,3-5,10H2. The second-order valence-corrected chi connectivity index (χ2v) is 5.79. The first-order chi connectivity index (χ1) is 10.3. The van der Waals surface area contributed by atoms with Gasteiger partial charge in [-0.1, -0.05) is 30.7 Å². The Bertz CT molecular complexity index is 678. The van der Waals surface area contributed by atoms with E-state index < -0.39 is 5.41 Å². The van der Waals surface area contributed by atoms with E-state index in [4.69, 9.17) is 4.74 Å². The van der Waals surface area contributed by atoms with Crippen molar-refractivity contribution in [1.29, 1.82) is 0 Å². The molecule has 0 aromatic rings. The number of rotatable bonds is 3. The monoisotopic (exact) mass is 281 g/mol. The SMILES string of the molecule is O=C(OCC1CCC1)C12C=CC=CC1=CC1=NN=NC1=C2. The van der Waals surface area contributed by atoms with Crippen LogP contribution in [0.15, 0.2) is 63.2 Å². The topological polar surface area (TPSA) is 63.4 Å². The highest BCUT2D eigenvalue weighted by atomic mass is 16.5. The van der Waals surface area contributed by atoms with Crippen LogP contribution in [-0.2, 0) is 9.53 Å². The molecule has 1 fully saturated rings. The molecule has 1 saturated carbocycles. The number of esters is 1. The van der Waals surface area contributed by atoms with E-state index in [1.165, 1.54) is 6.42 Å². The lowest BCUT2D eigenvalue weighted by Gasteiger charge is -2.32. The molecule has 0 bridgehead atoms. The van der Waals surface area contributed by atoms with Crippen LogP contribution in [0.2, 0.25) is 0 Å². The third-order valence-corrected chi connectivity index (χ3v) is 4.46. The Morgan fingerprint density at radius 3 is 3.10 bits per heavy atom. The molecule has 1 atom stereocenters. The molecule has 1 unspecified atom stereocenters. The van der Waals surface area contributed by atoms with Crippen molar-refractivity contribution >= 4 is 11.7 Å². The van der Waals surface area contributed by atoms with Crippen LogP contribution in [0.1, 0.15) is 19.3 Å². The summed E-state index contributed by atoms with van der Waals surface area (Å²) >= 11 is 0. The molecule has 0 amide bonds. The zero-order valence-electron chi connectivity index (χ0n) is 11.5. The summed E-state index contributed by atoms with van der Waals surface area (Å²) in [5.74, 6) is 0.287. The maximum Gasteiger partial charge on any atom is 0.324 e. The van der Waals surface area contributed by atoms with Gasteiger partial charge in [0.15, 0.2) is 0 Å². The maximum atomic E-state index is 12.7. The third-order valence-electron chi connectivity index (χ3n) is 4.46. The molecule has 0 aromatic heterocycles. The summed E-state index contributed by atoms with van der Waals surface area (Å²) in [5.41, 5.74) is 1.32. The average molecular weight is 281 g/mol. The summed E-state index contributed by atoms with van der Waals surface area (Å²) in [6, 6.07) is 0. The number of hydrogen-bond acceptors (Lipinski definition) is 5. The van der Waals surface area contributed by atoms with Gasteiger partial charge in [0.1, 0.15) is 16.8 Å². The van der Waals surface area contributed by atoms with Crippen LogP contribution >= 0.6 is 0 Å². The predicted octanol–water partition coefficient (Wildman–Crippen LogP) is 3.09. The number of nitrogens with zero attached hydrogens (tertiary/aromatic N) is 3. The minimum absolute atomic E-state index is 0.241. The number of hydrogen-bond donors (Lipinski definition) is 0. The van der Waals surface area contributed by atoms with Crippen molar-refractivity contribution in [3.8, 4) is 0 Å². The fourth-order valence-corrected chi connectivity index (χ4v) is 2.91. The highest BCUT2D eigenvalue weighted by Crippen LogP contribution is 2.42. The molecule has 1 aliphatic heterocycles. The molecule has 4 aliphatic rings. The van der Waals surface area contributed by atoms with Gasteiger partial charge in [0.25, 0.3) is 0 Å².